The molecule has 0 aromatic carbocycles. The van der Waals surface area contributed by atoms with E-state index in [4.69, 9.17) is 24.5 Å². The van der Waals surface area contributed by atoms with Gasteiger partial charge < -0.3 is 19.8 Å². The number of hydrogen-bond donors (Lipinski definition) is 2. The number of carboxylic acids is 2. The van der Waals surface area contributed by atoms with Gasteiger partial charge in [0.2, 0.25) is 0 Å². The summed E-state index contributed by atoms with van der Waals surface area (Å²) in [4.78, 5) is 23.2. The van der Waals surface area contributed by atoms with Gasteiger partial charge in [0.05, 0.1) is 6.17 Å². The molecule has 3 aliphatic heterocycles. The molecule has 2 fully saturated rings. The van der Waals surface area contributed by atoms with Gasteiger partial charge in [-0.15, -0.1) is 0 Å². The first-order valence-electron chi connectivity index (χ1n) is 6.71. The summed E-state index contributed by atoms with van der Waals surface area (Å²) in [5, 5.41) is 14.8. The van der Waals surface area contributed by atoms with E-state index in [1.165, 1.54) is 25.9 Å². The Kier molecular flexibility index (Phi) is 4.17. The number of aliphatic carboxylic acids is 2. The Balaban J connectivity index is 0.000000212. The van der Waals surface area contributed by atoms with Crippen LogP contribution in [0.1, 0.15) is 26.7 Å². The summed E-state index contributed by atoms with van der Waals surface area (Å²) in [6, 6.07) is 0. The lowest BCUT2D eigenvalue weighted by Gasteiger charge is -2.35. The minimum absolute atomic E-state index is 0.236. The molecule has 0 radical (unpaired) electrons. The molecule has 20 heavy (non-hydrogen) atoms. The largest absolute Gasteiger partial charge is 0.474 e. The fraction of sp³-hybridized carbons (Fsp3) is 0.692. The van der Waals surface area contributed by atoms with Crippen molar-refractivity contribution in [2.45, 2.75) is 39.1 Å². The molecule has 0 aliphatic carbocycles. The number of carbonyl (C=O) groups is 2. The van der Waals surface area contributed by atoms with E-state index in [-0.39, 0.29) is 6.23 Å². The fourth-order valence-corrected chi connectivity index (χ4v) is 3.09. The van der Waals surface area contributed by atoms with Crippen LogP contribution in [0.25, 0.3) is 0 Å². The zero-order chi connectivity index (χ0) is 14.9. The molecular formula is C13H20N2O5. The second kappa shape index (κ2) is 5.70. The average molecular weight is 284 g/mol. The van der Waals surface area contributed by atoms with Gasteiger partial charge in [-0.2, -0.15) is 0 Å². The summed E-state index contributed by atoms with van der Waals surface area (Å²) in [6.07, 6.45) is 5.76. The number of nitrogens with zero attached hydrogens (tertiary/aromatic N) is 2. The number of rotatable bonds is 1. The summed E-state index contributed by atoms with van der Waals surface area (Å²) in [5.41, 5.74) is 0. The van der Waals surface area contributed by atoms with E-state index in [1.807, 2.05) is 6.92 Å². The van der Waals surface area contributed by atoms with Crippen LogP contribution in [0.3, 0.4) is 0 Å². The third-order valence-electron chi connectivity index (χ3n) is 3.92. The Morgan fingerprint density at radius 2 is 2.00 bits per heavy atom. The van der Waals surface area contributed by atoms with Crippen molar-refractivity contribution in [2.75, 3.05) is 13.1 Å². The molecule has 0 saturated carbocycles. The van der Waals surface area contributed by atoms with Crippen molar-refractivity contribution in [3.63, 3.8) is 0 Å². The van der Waals surface area contributed by atoms with Crippen LogP contribution in [0.2, 0.25) is 0 Å². The van der Waals surface area contributed by atoms with Gasteiger partial charge in [0.15, 0.2) is 6.23 Å². The number of allylic oxidation sites excluding steroid dienone is 1. The molecule has 112 valence electrons. The quantitative estimate of drug-likeness (QED) is 0.686. The van der Waals surface area contributed by atoms with Crippen molar-refractivity contribution in [3.8, 4) is 0 Å². The van der Waals surface area contributed by atoms with E-state index in [2.05, 4.69) is 22.9 Å². The van der Waals surface area contributed by atoms with Crippen LogP contribution in [0.5, 0.6) is 0 Å². The molecule has 0 aromatic heterocycles. The van der Waals surface area contributed by atoms with Crippen LogP contribution in [-0.2, 0) is 14.3 Å². The molecule has 7 nitrogen and oxygen atoms in total. The maximum atomic E-state index is 9.10. The molecule has 0 spiro atoms. The van der Waals surface area contributed by atoms with Gasteiger partial charge in [-0.3, -0.25) is 4.90 Å². The topological polar surface area (TPSA) is 90.3 Å². The van der Waals surface area contributed by atoms with Crippen LogP contribution in [0, 0.1) is 5.92 Å². The molecule has 3 rings (SSSR count). The highest BCUT2D eigenvalue weighted by atomic mass is 16.5. The molecule has 2 bridgehead atoms. The van der Waals surface area contributed by atoms with Crippen LogP contribution < -0.4 is 0 Å². The third-order valence-corrected chi connectivity index (χ3v) is 3.92. The summed E-state index contributed by atoms with van der Waals surface area (Å²) < 4.78 is 5.65. The van der Waals surface area contributed by atoms with E-state index < -0.39 is 11.9 Å². The van der Waals surface area contributed by atoms with Crippen molar-refractivity contribution < 1.29 is 24.5 Å². The van der Waals surface area contributed by atoms with Gasteiger partial charge in [0.25, 0.3) is 0 Å². The molecule has 3 aliphatic rings. The maximum absolute atomic E-state index is 9.10. The normalized spacial score (nSPS) is 34.1. The van der Waals surface area contributed by atoms with Gasteiger partial charge in [-0.1, -0.05) is 0 Å². The highest BCUT2D eigenvalue weighted by Gasteiger charge is 2.42. The lowest BCUT2D eigenvalue weighted by Crippen LogP contribution is -2.45. The lowest BCUT2D eigenvalue weighted by molar-refractivity contribution is -0.159. The van der Waals surface area contributed by atoms with Crippen molar-refractivity contribution in [1.82, 2.24) is 9.80 Å². The van der Waals surface area contributed by atoms with E-state index in [1.54, 1.807) is 0 Å². The zero-order valence-corrected chi connectivity index (χ0v) is 11.7. The Morgan fingerprint density at radius 1 is 1.35 bits per heavy atom. The van der Waals surface area contributed by atoms with E-state index in [0.717, 1.165) is 11.7 Å². The second-order valence-corrected chi connectivity index (χ2v) is 5.38. The van der Waals surface area contributed by atoms with Gasteiger partial charge in [0, 0.05) is 19.3 Å². The van der Waals surface area contributed by atoms with Crippen LogP contribution in [0.15, 0.2) is 12.0 Å². The third kappa shape index (κ3) is 3.04. The highest BCUT2D eigenvalue weighted by molar-refractivity contribution is 6.27. The molecular weight excluding hydrogens is 264 g/mol. The van der Waals surface area contributed by atoms with Gasteiger partial charge in [0.1, 0.15) is 5.76 Å². The number of carboxylic acid groups (broad SMARTS) is 2. The Morgan fingerprint density at radius 3 is 2.35 bits per heavy atom. The van der Waals surface area contributed by atoms with Crippen molar-refractivity contribution >= 4 is 11.9 Å². The van der Waals surface area contributed by atoms with Crippen molar-refractivity contribution in [1.29, 1.82) is 0 Å². The number of piperidine rings is 1. The first kappa shape index (κ1) is 14.6. The SMILES string of the molecule is CC1=CN(C2CC3CCN2C3)C(C)O1.O=C(O)C(=O)O. The number of fused-ring (bicyclic) bond motifs is 2. The van der Waals surface area contributed by atoms with E-state index in [0.29, 0.717) is 6.17 Å². The van der Waals surface area contributed by atoms with Crippen LogP contribution >= 0.6 is 0 Å². The first-order valence-corrected chi connectivity index (χ1v) is 6.71. The van der Waals surface area contributed by atoms with E-state index in [9.17, 15) is 0 Å². The lowest BCUT2D eigenvalue weighted by atomic mass is 10.0. The number of ether oxygens (including phenoxy) is 1. The predicted molar refractivity (Wildman–Crippen MR) is 69.5 cm³/mol. The van der Waals surface area contributed by atoms with Crippen molar-refractivity contribution in [3.05, 3.63) is 12.0 Å². The average Bonchev–Trinajstić information content (AvgIpc) is 3.04. The Hall–Kier alpha value is -1.76. The predicted octanol–water partition coefficient (Wildman–Crippen LogP) is 0.733. The Labute approximate surface area is 117 Å². The molecule has 4 atom stereocenters. The molecule has 7 heteroatoms. The van der Waals surface area contributed by atoms with E-state index >= 15 is 0 Å². The molecule has 2 saturated heterocycles. The summed E-state index contributed by atoms with van der Waals surface area (Å²) in [6.45, 7) is 6.77. The number of hydrogen-bond acceptors (Lipinski definition) is 5. The fourth-order valence-electron chi connectivity index (χ4n) is 3.09. The Bertz CT molecular complexity index is 424. The summed E-state index contributed by atoms with van der Waals surface area (Å²) >= 11 is 0. The standard InChI is InChI=1S/C11H18N2O.C2H2O4/c1-8-6-13(9(2)14-8)11-5-10-3-4-12(11)7-10;3-1(4)2(5)6/h6,9-11H,3-5,7H2,1-2H3;(H,3,4)(H,5,6). The molecule has 0 amide bonds. The van der Waals surface area contributed by atoms with Crippen LogP contribution in [0.4, 0.5) is 0 Å². The summed E-state index contributed by atoms with van der Waals surface area (Å²) in [7, 11) is 0. The highest BCUT2D eigenvalue weighted by Crippen LogP contribution is 2.37. The minimum atomic E-state index is -1.82. The second-order valence-electron chi connectivity index (χ2n) is 5.38. The summed E-state index contributed by atoms with van der Waals surface area (Å²) in [5.74, 6) is -1.65. The molecule has 2 N–H and O–H groups in total. The maximum Gasteiger partial charge on any atom is 0.414 e. The molecule has 3 heterocycles. The minimum Gasteiger partial charge on any atom is -0.474 e. The zero-order valence-electron chi connectivity index (χ0n) is 11.7. The first-order chi connectivity index (χ1) is 9.38. The van der Waals surface area contributed by atoms with Gasteiger partial charge in [-0.25, -0.2) is 9.59 Å². The monoisotopic (exact) mass is 284 g/mol. The smallest absolute Gasteiger partial charge is 0.414 e. The van der Waals surface area contributed by atoms with Gasteiger partial charge >= 0.3 is 11.9 Å². The molecule has 0 aromatic rings. The van der Waals surface area contributed by atoms with Gasteiger partial charge in [-0.05, 0) is 32.6 Å². The molecule has 4 unspecified atom stereocenters. The van der Waals surface area contributed by atoms with Crippen molar-refractivity contribution in [2.24, 2.45) is 5.92 Å². The van der Waals surface area contributed by atoms with Crippen LogP contribution in [-0.4, -0.2) is 57.4 Å².